The van der Waals surface area contributed by atoms with Crippen LogP contribution in [0.5, 0.6) is 0 Å². The third-order valence-electron chi connectivity index (χ3n) is 4.83. The molecule has 0 spiro atoms. The largest absolute Gasteiger partial charge is 0.357 e. The number of piperidine rings is 1. The van der Waals surface area contributed by atoms with Crippen molar-refractivity contribution in [3.05, 3.63) is 47.3 Å². The van der Waals surface area contributed by atoms with E-state index in [-0.39, 0.29) is 11.3 Å². The molecule has 0 bridgehead atoms. The molecule has 1 aromatic heterocycles. The van der Waals surface area contributed by atoms with Crippen molar-refractivity contribution in [1.29, 1.82) is 0 Å². The molecule has 1 amide bonds. The molecule has 0 aliphatic carbocycles. The molecule has 0 atom stereocenters. The fraction of sp³-hybridized carbons (Fsp3) is 0.476. The van der Waals surface area contributed by atoms with Gasteiger partial charge in [0.05, 0.1) is 0 Å². The van der Waals surface area contributed by atoms with Gasteiger partial charge in [0, 0.05) is 19.3 Å². The number of amides is 1. The number of likely N-dealkylation sites (tertiary alicyclic amines) is 1. The number of rotatable bonds is 2. The average Bonchev–Trinajstić information content (AvgIpc) is 3.03. The maximum absolute atomic E-state index is 12.6. The molecular weight excluding hydrogens is 296 g/mol. The standard InChI is InChI=1S/C21H28N2O/c1-15-10-16(12-18(11-15)21(2,3)4)17-13-19(22-14-17)20(24)23-8-6-5-7-9-23/h10-14,22H,5-9H2,1-4H3. The summed E-state index contributed by atoms with van der Waals surface area (Å²) >= 11 is 0. The molecule has 3 nitrogen and oxygen atoms in total. The first-order valence-corrected chi connectivity index (χ1v) is 8.95. The van der Waals surface area contributed by atoms with Crippen molar-refractivity contribution in [2.24, 2.45) is 0 Å². The summed E-state index contributed by atoms with van der Waals surface area (Å²) in [7, 11) is 0. The zero-order valence-electron chi connectivity index (χ0n) is 15.3. The van der Waals surface area contributed by atoms with Crippen LogP contribution < -0.4 is 0 Å². The molecule has 128 valence electrons. The Morgan fingerprint density at radius 1 is 1.00 bits per heavy atom. The van der Waals surface area contributed by atoms with Crippen molar-refractivity contribution in [3.8, 4) is 11.1 Å². The highest BCUT2D eigenvalue weighted by molar-refractivity contribution is 5.94. The normalized spacial score (nSPS) is 15.6. The van der Waals surface area contributed by atoms with Crippen LogP contribution in [0, 0.1) is 6.92 Å². The molecule has 1 aromatic carbocycles. The molecule has 2 heterocycles. The van der Waals surface area contributed by atoms with Crippen LogP contribution in [0.25, 0.3) is 11.1 Å². The van der Waals surface area contributed by atoms with E-state index >= 15 is 0 Å². The second-order valence-corrected chi connectivity index (χ2v) is 7.99. The number of carbonyl (C=O) groups excluding carboxylic acids is 1. The first kappa shape index (κ1) is 16.8. The van der Waals surface area contributed by atoms with Crippen molar-refractivity contribution in [1.82, 2.24) is 9.88 Å². The van der Waals surface area contributed by atoms with E-state index in [1.165, 1.54) is 23.1 Å². The fourth-order valence-corrected chi connectivity index (χ4v) is 3.33. The number of aryl methyl sites for hydroxylation is 1. The van der Waals surface area contributed by atoms with E-state index < -0.39 is 0 Å². The van der Waals surface area contributed by atoms with Crippen molar-refractivity contribution < 1.29 is 4.79 Å². The third-order valence-corrected chi connectivity index (χ3v) is 4.83. The summed E-state index contributed by atoms with van der Waals surface area (Å²) in [5.41, 5.74) is 5.65. The van der Waals surface area contributed by atoms with E-state index in [9.17, 15) is 4.79 Å². The van der Waals surface area contributed by atoms with Gasteiger partial charge in [-0.1, -0.05) is 44.5 Å². The highest BCUT2D eigenvalue weighted by atomic mass is 16.2. The van der Waals surface area contributed by atoms with Gasteiger partial charge in [0.1, 0.15) is 5.69 Å². The van der Waals surface area contributed by atoms with Gasteiger partial charge in [0.2, 0.25) is 0 Å². The van der Waals surface area contributed by atoms with Gasteiger partial charge in [-0.3, -0.25) is 4.79 Å². The fourth-order valence-electron chi connectivity index (χ4n) is 3.33. The highest BCUT2D eigenvalue weighted by Gasteiger charge is 2.20. The van der Waals surface area contributed by atoms with Crippen molar-refractivity contribution in [3.63, 3.8) is 0 Å². The van der Waals surface area contributed by atoms with Crippen LogP contribution in [0.3, 0.4) is 0 Å². The van der Waals surface area contributed by atoms with E-state index in [2.05, 4.69) is 50.9 Å². The van der Waals surface area contributed by atoms with Crippen LogP contribution >= 0.6 is 0 Å². The van der Waals surface area contributed by atoms with Crippen LogP contribution in [0.4, 0.5) is 0 Å². The molecule has 1 fully saturated rings. The monoisotopic (exact) mass is 324 g/mol. The first-order valence-electron chi connectivity index (χ1n) is 8.95. The lowest BCUT2D eigenvalue weighted by molar-refractivity contribution is 0.0719. The summed E-state index contributed by atoms with van der Waals surface area (Å²) in [4.78, 5) is 17.8. The smallest absolute Gasteiger partial charge is 0.270 e. The van der Waals surface area contributed by atoms with Gasteiger partial charge in [-0.15, -0.1) is 0 Å². The molecule has 0 unspecified atom stereocenters. The lowest BCUT2D eigenvalue weighted by atomic mass is 9.84. The van der Waals surface area contributed by atoms with Gasteiger partial charge in [0.15, 0.2) is 0 Å². The van der Waals surface area contributed by atoms with Crippen molar-refractivity contribution in [2.75, 3.05) is 13.1 Å². The Bertz CT molecular complexity index is 731. The molecule has 3 rings (SSSR count). The number of H-pyrrole nitrogens is 1. The van der Waals surface area contributed by atoms with Gasteiger partial charge in [-0.05, 0) is 54.4 Å². The summed E-state index contributed by atoms with van der Waals surface area (Å²) in [6.45, 7) is 10.6. The van der Waals surface area contributed by atoms with Crippen LogP contribution in [-0.2, 0) is 5.41 Å². The lowest BCUT2D eigenvalue weighted by Crippen LogP contribution is -2.35. The quantitative estimate of drug-likeness (QED) is 0.837. The van der Waals surface area contributed by atoms with Gasteiger partial charge in [-0.25, -0.2) is 0 Å². The molecular formula is C21H28N2O. The molecule has 1 saturated heterocycles. The Labute approximate surface area is 145 Å². The molecule has 3 heteroatoms. The Kier molecular flexibility index (Phi) is 4.53. The average molecular weight is 324 g/mol. The van der Waals surface area contributed by atoms with Crippen LogP contribution in [0.2, 0.25) is 0 Å². The van der Waals surface area contributed by atoms with E-state index in [4.69, 9.17) is 0 Å². The van der Waals surface area contributed by atoms with Crippen LogP contribution in [0.15, 0.2) is 30.5 Å². The van der Waals surface area contributed by atoms with Gasteiger partial charge in [0.25, 0.3) is 5.91 Å². The Balaban J connectivity index is 1.88. The predicted octanol–water partition coefficient (Wildman–Crippen LogP) is 4.91. The van der Waals surface area contributed by atoms with E-state index in [1.807, 2.05) is 17.2 Å². The number of nitrogens with zero attached hydrogens (tertiary/aromatic N) is 1. The second-order valence-electron chi connectivity index (χ2n) is 7.99. The molecule has 2 aromatic rings. The second kappa shape index (κ2) is 6.46. The van der Waals surface area contributed by atoms with Gasteiger partial charge >= 0.3 is 0 Å². The van der Waals surface area contributed by atoms with Crippen molar-refractivity contribution in [2.45, 2.75) is 52.4 Å². The summed E-state index contributed by atoms with van der Waals surface area (Å²) in [5, 5.41) is 0. The van der Waals surface area contributed by atoms with Crippen LogP contribution in [0.1, 0.15) is 61.6 Å². The van der Waals surface area contributed by atoms with E-state index in [0.29, 0.717) is 5.69 Å². The van der Waals surface area contributed by atoms with E-state index in [0.717, 1.165) is 31.5 Å². The number of benzene rings is 1. The Morgan fingerprint density at radius 3 is 2.38 bits per heavy atom. The number of aromatic amines is 1. The topological polar surface area (TPSA) is 36.1 Å². The maximum atomic E-state index is 12.6. The maximum Gasteiger partial charge on any atom is 0.270 e. The SMILES string of the molecule is Cc1cc(-c2c[nH]c(C(=O)N3CCCCC3)c2)cc(C(C)(C)C)c1. The zero-order valence-corrected chi connectivity index (χ0v) is 15.3. The summed E-state index contributed by atoms with van der Waals surface area (Å²) in [6, 6.07) is 8.67. The highest BCUT2D eigenvalue weighted by Crippen LogP contribution is 2.30. The van der Waals surface area contributed by atoms with Gasteiger partial charge in [-0.2, -0.15) is 0 Å². The Hall–Kier alpha value is -2.03. The lowest BCUT2D eigenvalue weighted by Gasteiger charge is -2.26. The third kappa shape index (κ3) is 3.55. The summed E-state index contributed by atoms with van der Waals surface area (Å²) in [5.74, 6) is 0.129. The molecule has 1 aliphatic heterocycles. The minimum Gasteiger partial charge on any atom is -0.357 e. The van der Waals surface area contributed by atoms with Crippen molar-refractivity contribution >= 4 is 5.91 Å². The molecule has 24 heavy (non-hydrogen) atoms. The molecule has 1 N–H and O–H groups in total. The van der Waals surface area contributed by atoms with Gasteiger partial charge < -0.3 is 9.88 Å². The number of nitrogens with one attached hydrogen (secondary N) is 1. The minimum atomic E-state index is 0.115. The number of carbonyl (C=O) groups is 1. The summed E-state index contributed by atoms with van der Waals surface area (Å²) < 4.78 is 0. The zero-order chi connectivity index (χ0) is 17.3. The van der Waals surface area contributed by atoms with E-state index in [1.54, 1.807) is 0 Å². The Morgan fingerprint density at radius 2 is 1.71 bits per heavy atom. The minimum absolute atomic E-state index is 0.115. The number of hydrogen-bond donors (Lipinski definition) is 1. The summed E-state index contributed by atoms with van der Waals surface area (Å²) in [6.07, 6.45) is 5.43. The molecule has 0 saturated carbocycles. The van der Waals surface area contributed by atoms with Crippen LogP contribution in [-0.4, -0.2) is 28.9 Å². The first-order chi connectivity index (χ1) is 11.3. The number of hydrogen-bond acceptors (Lipinski definition) is 1. The molecule has 1 aliphatic rings. The molecule has 0 radical (unpaired) electrons. The number of aromatic nitrogens is 1. The predicted molar refractivity (Wildman–Crippen MR) is 99.4 cm³/mol.